The van der Waals surface area contributed by atoms with Gasteiger partial charge in [0.05, 0.1) is 0 Å². The van der Waals surface area contributed by atoms with Gasteiger partial charge in [0.1, 0.15) is 6.09 Å². The number of amides is 1. The van der Waals surface area contributed by atoms with Crippen LogP contribution in [0.3, 0.4) is 0 Å². The van der Waals surface area contributed by atoms with Crippen LogP contribution in [0.4, 0.5) is 4.79 Å². The molecule has 0 fully saturated rings. The Bertz CT molecular complexity index is 94.2. The molecule has 4 nitrogen and oxygen atoms in total. The minimum absolute atomic E-state index is 0.0125. The minimum Gasteiger partial charge on any atom is -0.530 e. The Kier molecular flexibility index (Phi) is 3.79. The van der Waals surface area contributed by atoms with Crippen molar-refractivity contribution in [3.05, 3.63) is 0 Å². The lowest BCUT2D eigenvalue weighted by Gasteiger charge is -2.12. The highest BCUT2D eigenvalue weighted by Crippen LogP contribution is 1.85. The van der Waals surface area contributed by atoms with Crippen molar-refractivity contribution >= 4 is 6.09 Å². The van der Waals surface area contributed by atoms with Crippen LogP contribution < -0.4 is 10.4 Å². The predicted molar refractivity (Wildman–Crippen MR) is 29.7 cm³/mol. The molecule has 0 saturated carbocycles. The summed E-state index contributed by atoms with van der Waals surface area (Å²) in [6.45, 7) is 1.65. The highest BCUT2D eigenvalue weighted by Gasteiger charge is 1.96. The van der Waals surface area contributed by atoms with Crippen molar-refractivity contribution in [3.63, 3.8) is 0 Å². The van der Waals surface area contributed by atoms with E-state index in [0.717, 1.165) is 0 Å². The third-order valence-corrected chi connectivity index (χ3v) is 0.926. The fourth-order valence-corrected chi connectivity index (χ4v) is 0.467. The number of carbonyl (C=O) groups excluding carboxylic acids is 1. The van der Waals surface area contributed by atoms with Crippen LogP contribution in [0.25, 0.3) is 0 Å². The molecule has 0 aromatic rings. The highest BCUT2D eigenvalue weighted by atomic mass is 16.4. The molecule has 0 heterocycles. The van der Waals surface area contributed by atoms with Crippen LogP contribution in [0.15, 0.2) is 0 Å². The Morgan fingerprint density at radius 1 is 1.89 bits per heavy atom. The average Bonchev–Trinajstić information content (AvgIpc) is 1.63. The quantitative estimate of drug-likeness (QED) is 0.500. The summed E-state index contributed by atoms with van der Waals surface area (Å²) in [6, 6.07) is -0.222. The average molecular weight is 132 g/mol. The van der Waals surface area contributed by atoms with Crippen molar-refractivity contribution < 1.29 is 15.0 Å². The fraction of sp³-hybridized carbons (Fsp3) is 0.800. The van der Waals surface area contributed by atoms with Gasteiger partial charge in [-0.3, -0.25) is 0 Å². The van der Waals surface area contributed by atoms with E-state index in [9.17, 15) is 9.90 Å². The topological polar surface area (TPSA) is 72.4 Å². The Morgan fingerprint density at radius 2 is 2.44 bits per heavy atom. The molecule has 0 aliphatic rings. The summed E-state index contributed by atoms with van der Waals surface area (Å²) in [6.07, 6.45) is -0.871. The summed E-state index contributed by atoms with van der Waals surface area (Å²) >= 11 is 0. The van der Waals surface area contributed by atoms with Gasteiger partial charge in [0, 0.05) is 12.6 Å². The van der Waals surface area contributed by atoms with E-state index < -0.39 is 6.09 Å². The Balaban J connectivity index is 3.26. The van der Waals surface area contributed by atoms with E-state index in [1.807, 2.05) is 0 Å². The fourth-order valence-electron chi connectivity index (χ4n) is 0.467. The minimum atomic E-state index is -1.30. The number of hydrogen-bond donors (Lipinski definition) is 2. The third-order valence-electron chi connectivity index (χ3n) is 0.926. The number of carboxylic acid groups (broad SMARTS) is 1. The molecule has 54 valence electrons. The summed E-state index contributed by atoms with van der Waals surface area (Å²) in [4.78, 5) is 9.78. The van der Waals surface area contributed by atoms with Crippen LogP contribution in [0.1, 0.15) is 13.3 Å². The maximum absolute atomic E-state index is 9.78. The summed E-state index contributed by atoms with van der Waals surface area (Å²) in [5, 5.41) is 20.2. The molecule has 0 spiro atoms. The first kappa shape index (κ1) is 8.23. The lowest BCUT2D eigenvalue weighted by atomic mass is 10.2. The van der Waals surface area contributed by atoms with E-state index >= 15 is 0 Å². The molecule has 4 heteroatoms. The first-order valence-corrected chi connectivity index (χ1v) is 2.75. The number of nitrogens with one attached hydrogen (secondary N) is 1. The van der Waals surface area contributed by atoms with Crippen LogP contribution in [0.5, 0.6) is 0 Å². The van der Waals surface area contributed by atoms with E-state index in [4.69, 9.17) is 5.11 Å². The zero-order chi connectivity index (χ0) is 7.28. The standard InChI is InChI=1S/C5H11NO3/c1-4(2-3-7)6-5(8)9/h4,6-7H,2-3H2,1H3,(H,8,9)/p-1. The third kappa shape index (κ3) is 5.10. The molecule has 1 unspecified atom stereocenters. The highest BCUT2D eigenvalue weighted by molar-refractivity contribution is 5.62. The SMILES string of the molecule is CC(CCO)NC(=O)[O-]. The van der Waals surface area contributed by atoms with Crippen LogP contribution >= 0.6 is 0 Å². The lowest BCUT2D eigenvalue weighted by Crippen LogP contribution is -2.42. The van der Waals surface area contributed by atoms with Gasteiger partial charge in [0.25, 0.3) is 0 Å². The maximum atomic E-state index is 9.78. The number of carbonyl (C=O) groups is 1. The van der Waals surface area contributed by atoms with Crippen molar-refractivity contribution in [2.75, 3.05) is 6.61 Å². The van der Waals surface area contributed by atoms with Gasteiger partial charge in [-0.25, -0.2) is 0 Å². The van der Waals surface area contributed by atoms with Gasteiger partial charge in [-0.05, 0) is 13.3 Å². The van der Waals surface area contributed by atoms with Crippen LogP contribution in [-0.4, -0.2) is 23.8 Å². The monoisotopic (exact) mass is 132 g/mol. The molecule has 0 aliphatic carbocycles. The zero-order valence-corrected chi connectivity index (χ0v) is 5.26. The Morgan fingerprint density at radius 3 is 2.78 bits per heavy atom. The van der Waals surface area contributed by atoms with Gasteiger partial charge in [-0.1, -0.05) is 0 Å². The zero-order valence-electron chi connectivity index (χ0n) is 5.26. The van der Waals surface area contributed by atoms with E-state index in [2.05, 4.69) is 5.32 Å². The second-order valence-electron chi connectivity index (χ2n) is 1.85. The second-order valence-corrected chi connectivity index (χ2v) is 1.85. The molecule has 9 heavy (non-hydrogen) atoms. The molecule has 0 aliphatic heterocycles. The summed E-state index contributed by atoms with van der Waals surface area (Å²) in [7, 11) is 0. The summed E-state index contributed by atoms with van der Waals surface area (Å²) in [5.74, 6) is 0. The van der Waals surface area contributed by atoms with Crippen LogP contribution in [0, 0.1) is 0 Å². The van der Waals surface area contributed by atoms with Crippen molar-refractivity contribution in [2.45, 2.75) is 19.4 Å². The van der Waals surface area contributed by atoms with Crippen molar-refractivity contribution in [2.24, 2.45) is 0 Å². The van der Waals surface area contributed by atoms with E-state index in [1.54, 1.807) is 6.92 Å². The van der Waals surface area contributed by atoms with Gasteiger partial charge in [0.15, 0.2) is 0 Å². The molecule has 1 amide bonds. The molecular weight excluding hydrogens is 122 g/mol. The number of rotatable bonds is 3. The van der Waals surface area contributed by atoms with Gasteiger partial charge in [0.2, 0.25) is 0 Å². The predicted octanol–water partition coefficient (Wildman–Crippen LogP) is -1.31. The Labute approximate surface area is 53.5 Å². The van der Waals surface area contributed by atoms with E-state index in [-0.39, 0.29) is 12.6 Å². The first-order chi connectivity index (χ1) is 4.16. The number of aliphatic hydroxyl groups is 1. The van der Waals surface area contributed by atoms with Crippen molar-refractivity contribution in [1.29, 1.82) is 0 Å². The molecule has 0 aromatic carbocycles. The summed E-state index contributed by atoms with van der Waals surface area (Å²) in [5.41, 5.74) is 0. The van der Waals surface area contributed by atoms with Gasteiger partial charge >= 0.3 is 0 Å². The molecule has 0 radical (unpaired) electrons. The molecule has 2 N–H and O–H groups in total. The van der Waals surface area contributed by atoms with Gasteiger partial charge in [-0.15, -0.1) is 0 Å². The number of hydrogen-bond acceptors (Lipinski definition) is 3. The van der Waals surface area contributed by atoms with Crippen molar-refractivity contribution in [1.82, 2.24) is 5.32 Å². The van der Waals surface area contributed by atoms with Crippen LogP contribution in [0.2, 0.25) is 0 Å². The van der Waals surface area contributed by atoms with Gasteiger partial charge < -0.3 is 20.3 Å². The number of aliphatic hydroxyl groups excluding tert-OH is 1. The lowest BCUT2D eigenvalue weighted by molar-refractivity contribution is -0.251. The molecule has 0 rings (SSSR count). The maximum Gasteiger partial charge on any atom is 0.134 e. The molecular formula is C5H10NO3-. The smallest absolute Gasteiger partial charge is 0.134 e. The van der Waals surface area contributed by atoms with Gasteiger partial charge in [-0.2, -0.15) is 0 Å². The summed E-state index contributed by atoms with van der Waals surface area (Å²) < 4.78 is 0. The molecule has 0 bridgehead atoms. The van der Waals surface area contributed by atoms with E-state index in [0.29, 0.717) is 6.42 Å². The largest absolute Gasteiger partial charge is 0.530 e. The molecule has 1 atom stereocenters. The van der Waals surface area contributed by atoms with Crippen molar-refractivity contribution in [3.8, 4) is 0 Å². The van der Waals surface area contributed by atoms with Crippen LogP contribution in [-0.2, 0) is 0 Å². The normalized spacial score (nSPS) is 12.7. The second kappa shape index (κ2) is 4.14. The molecule has 0 aromatic heterocycles. The Hall–Kier alpha value is -0.770. The first-order valence-electron chi connectivity index (χ1n) is 2.75. The van der Waals surface area contributed by atoms with E-state index in [1.165, 1.54) is 0 Å². The molecule has 0 saturated heterocycles.